The van der Waals surface area contributed by atoms with Gasteiger partial charge in [0, 0.05) is 13.7 Å². The van der Waals surface area contributed by atoms with Crippen LogP contribution in [0.25, 0.3) is 0 Å². The van der Waals surface area contributed by atoms with Crippen LogP contribution in [0.5, 0.6) is 0 Å². The van der Waals surface area contributed by atoms with Gasteiger partial charge in [-0.05, 0) is 12.3 Å². The molecule has 0 radical (unpaired) electrons. The number of aromatic nitrogens is 2. The van der Waals surface area contributed by atoms with Crippen molar-refractivity contribution in [1.82, 2.24) is 15.5 Å². The highest BCUT2D eigenvalue weighted by Gasteiger charge is 2.29. The van der Waals surface area contributed by atoms with Crippen LogP contribution in [0.3, 0.4) is 0 Å². The lowest BCUT2D eigenvalue weighted by Gasteiger charge is -2.29. The highest BCUT2D eigenvalue weighted by atomic mass is 16.6. The van der Waals surface area contributed by atoms with Crippen LogP contribution in [0.2, 0.25) is 0 Å². The van der Waals surface area contributed by atoms with E-state index in [1.54, 1.807) is 7.11 Å². The minimum Gasteiger partial charge on any atom is -0.379 e. The number of nitrogens with zero attached hydrogens (tertiary/aromatic N) is 2. The van der Waals surface area contributed by atoms with E-state index in [0.717, 1.165) is 0 Å². The van der Waals surface area contributed by atoms with Gasteiger partial charge in [-0.15, -0.1) is 0 Å². The number of aryl methyl sites for hydroxylation is 1. The van der Waals surface area contributed by atoms with E-state index in [2.05, 4.69) is 15.5 Å². The van der Waals surface area contributed by atoms with Crippen LogP contribution < -0.4 is 5.32 Å². The summed E-state index contributed by atoms with van der Waals surface area (Å²) in [4.78, 5) is 22.3. The van der Waals surface area contributed by atoms with Gasteiger partial charge < -0.3 is 10.1 Å². The molecule has 0 saturated heterocycles. The van der Waals surface area contributed by atoms with E-state index in [-0.39, 0.29) is 35.1 Å². The van der Waals surface area contributed by atoms with E-state index in [1.165, 1.54) is 6.92 Å². The first-order valence-electron chi connectivity index (χ1n) is 6.18. The molecule has 0 aliphatic rings. The van der Waals surface area contributed by atoms with Gasteiger partial charge in [-0.1, -0.05) is 20.8 Å². The van der Waals surface area contributed by atoms with Gasteiger partial charge in [0.05, 0.1) is 11.0 Å². The normalized spacial score (nSPS) is 13.1. The van der Waals surface area contributed by atoms with E-state index in [4.69, 9.17) is 4.74 Å². The number of carbonyl (C=O) groups excluding carboxylic acids is 1. The fourth-order valence-electron chi connectivity index (χ4n) is 1.82. The topological polar surface area (TPSA) is 110 Å². The Hall–Kier alpha value is -1.96. The second-order valence-corrected chi connectivity index (χ2v) is 5.60. The number of amides is 1. The molecule has 20 heavy (non-hydrogen) atoms. The zero-order valence-corrected chi connectivity index (χ0v) is 12.3. The number of hydrogen-bond donors (Lipinski definition) is 2. The molecule has 1 aromatic rings. The molecular weight excluding hydrogens is 264 g/mol. The zero-order chi connectivity index (χ0) is 15.5. The predicted octanol–water partition coefficient (Wildman–Crippen LogP) is 1.42. The molecule has 2 N–H and O–H groups in total. The second kappa shape index (κ2) is 6.00. The van der Waals surface area contributed by atoms with Gasteiger partial charge in [0.25, 0.3) is 5.91 Å². The molecule has 0 fully saturated rings. The number of hydrogen-bond acceptors (Lipinski definition) is 5. The molecule has 0 unspecified atom stereocenters. The first-order chi connectivity index (χ1) is 9.18. The van der Waals surface area contributed by atoms with Crippen molar-refractivity contribution in [3.63, 3.8) is 0 Å². The lowest BCUT2D eigenvalue weighted by molar-refractivity contribution is -0.385. The van der Waals surface area contributed by atoms with E-state index in [0.29, 0.717) is 0 Å². The first-order valence-corrected chi connectivity index (χ1v) is 6.18. The molecule has 1 rings (SSSR count). The summed E-state index contributed by atoms with van der Waals surface area (Å²) in [7, 11) is 1.56. The van der Waals surface area contributed by atoms with Gasteiger partial charge >= 0.3 is 5.69 Å². The average Bonchev–Trinajstić information content (AvgIpc) is 2.70. The number of aromatic amines is 1. The van der Waals surface area contributed by atoms with Crippen molar-refractivity contribution in [3.05, 3.63) is 21.5 Å². The molecule has 1 atom stereocenters. The fourth-order valence-corrected chi connectivity index (χ4v) is 1.82. The zero-order valence-electron chi connectivity index (χ0n) is 12.3. The van der Waals surface area contributed by atoms with Gasteiger partial charge in [-0.25, -0.2) is 0 Å². The molecule has 1 heterocycles. The van der Waals surface area contributed by atoms with Crippen molar-refractivity contribution in [2.45, 2.75) is 33.8 Å². The maximum atomic E-state index is 12.0. The Labute approximate surface area is 117 Å². The summed E-state index contributed by atoms with van der Waals surface area (Å²) in [5.41, 5.74) is -0.419. The quantitative estimate of drug-likeness (QED) is 0.627. The number of ether oxygens (including phenoxy) is 1. The third kappa shape index (κ3) is 3.53. The summed E-state index contributed by atoms with van der Waals surface area (Å²) in [6.45, 7) is 7.69. The number of H-pyrrole nitrogens is 1. The smallest absolute Gasteiger partial charge is 0.322 e. The van der Waals surface area contributed by atoms with Crippen molar-refractivity contribution < 1.29 is 14.5 Å². The van der Waals surface area contributed by atoms with Crippen molar-refractivity contribution in [1.29, 1.82) is 0 Å². The summed E-state index contributed by atoms with van der Waals surface area (Å²) in [5, 5.41) is 19.6. The van der Waals surface area contributed by atoms with Gasteiger partial charge in [0.2, 0.25) is 5.69 Å². The molecule has 0 spiro atoms. The Morgan fingerprint density at radius 1 is 1.55 bits per heavy atom. The molecule has 0 saturated carbocycles. The minimum absolute atomic E-state index is 0.157. The highest BCUT2D eigenvalue weighted by Crippen LogP contribution is 2.22. The molecular formula is C12H20N4O4. The molecule has 112 valence electrons. The number of carbonyl (C=O) groups is 1. The Kier molecular flexibility index (Phi) is 4.83. The third-order valence-corrected chi connectivity index (χ3v) is 3.01. The van der Waals surface area contributed by atoms with Crippen LogP contribution in [0.15, 0.2) is 0 Å². The third-order valence-electron chi connectivity index (χ3n) is 3.01. The molecule has 1 amide bonds. The summed E-state index contributed by atoms with van der Waals surface area (Å²) in [6.07, 6.45) is -0.203. The molecule has 0 aromatic carbocycles. The van der Waals surface area contributed by atoms with Crippen LogP contribution in [-0.4, -0.2) is 40.8 Å². The molecule has 8 heteroatoms. The number of rotatable bonds is 5. The molecule has 0 bridgehead atoms. The van der Waals surface area contributed by atoms with Gasteiger partial charge in [0.15, 0.2) is 0 Å². The Morgan fingerprint density at radius 2 is 2.15 bits per heavy atom. The summed E-state index contributed by atoms with van der Waals surface area (Å²) in [5.74, 6) is -0.590. The first kappa shape index (κ1) is 16.1. The molecule has 8 nitrogen and oxygen atoms in total. The monoisotopic (exact) mass is 284 g/mol. The SMILES string of the molecule is CO[C@@H](CNC(=O)c1n[nH]c(C)c1[N+](=O)[O-])C(C)(C)C. The second-order valence-electron chi connectivity index (χ2n) is 5.60. The number of methoxy groups -OCH3 is 1. The van der Waals surface area contributed by atoms with E-state index >= 15 is 0 Å². The van der Waals surface area contributed by atoms with Gasteiger partial charge in [-0.3, -0.25) is 20.0 Å². The number of nitrogens with one attached hydrogen (secondary N) is 2. The van der Waals surface area contributed by atoms with Crippen molar-refractivity contribution in [2.24, 2.45) is 5.41 Å². The van der Waals surface area contributed by atoms with Crippen LogP contribution in [-0.2, 0) is 4.74 Å². The summed E-state index contributed by atoms with van der Waals surface area (Å²) < 4.78 is 5.31. The largest absolute Gasteiger partial charge is 0.379 e. The Bertz CT molecular complexity index is 504. The summed E-state index contributed by atoms with van der Waals surface area (Å²) in [6, 6.07) is 0. The fraction of sp³-hybridized carbons (Fsp3) is 0.667. The summed E-state index contributed by atoms with van der Waals surface area (Å²) >= 11 is 0. The van der Waals surface area contributed by atoms with E-state index in [1.807, 2.05) is 20.8 Å². The molecule has 0 aliphatic heterocycles. The van der Waals surface area contributed by atoms with Crippen LogP contribution >= 0.6 is 0 Å². The van der Waals surface area contributed by atoms with Crippen LogP contribution in [0.1, 0.15) is 37.0 Å². The average molecular weight is 284 g/mol. The molecule has 0 aliphatic carbocycles. The van der Waals surface area contributed by atoms with Gasteiger partial charge in [0.1, 0.15) is 5.69 Å². The predicted molar refractivity (Wildman–Crippen MR) is 72.6 cm³/mol. The van der Waals surface area contributed by atoms with E-state index < -0.39 is 10.8 Å². The van der Waals surface area contributed by atoms with Crippen molar-refractivity contribution >= 4 is 11.6 Å². The van der Waals surface area contributed by atoms with Crippen LogP contribution in [0.4, 0.5) is 5.69 Å². The standard InChI is InChI=1S/C12H20N4O4/c1-7-10(16(18)19)9(15-14-7)11(17)13-6-8(20-5)12(2,3)4/h8H,6H2,1-5H3,(H,13,17)(H,14,15)/t8-/m0/s1. The highest BCUT2D eigenvalue weighted by molar-refractivity contribution is 5.96. The van der Waals surface area contributed by atoms with E-state index in [9.17, 15) is 14.9 Å². The Morgan fingerprint density at radius 3 is 2.60 bits per heavy atom. The lowest BCUT2D eigenvalue weighted by atomic mass is 9.89. The Balaban J connectivity index is 2.80. The van der Waals surface area contributed by atoms with Gasteiger partial charge in [-0.2, -0.15) is 5.10 Å². The van der Waals surface area contributed by atoms with Crippen molar-refractivity contribution in [2.75, 3.05) is 13.7 Å². The lowest BCUT2D eigenvalue weighted by Crippen LogP contribution is -2.40. The molecule has 1 aromatic heterocycles. The number of nitro groups is 1. The minimum atomic E-state index is -0.620. The maximum Gasteiger partial charge on any atom is 0.322 e. The maximum absolute atomic E-state index is 12.0. The van der Waals surface area contributed by atoms with Crippen molar-refractivity contribution in [3.8, 4) is 0 Å². The van der Waals surface area contributed by atoms with Crippen LogP contribution in [0, 0.1) is 22.5 Å².